The summed E-state index contributed by atoms with van der Waals surface area (Å²) >= 11 is 0. The lowest BCUT2D eigenvalue weighted by Gasteiger charge is -2.49. The first-order valence-electron chi connectivity index (χ1n) is 20.7. The molecular formula is C44H48N4O16. The number of carbonyl (C=O) groups is 2. The highest BCUT2D eigenvalue weighted by Gasteiger charge is 2.53. The first kappa shape index (κ1) is 45.6. The molecule has 0 radical (unpaired) electrons. The molecule has 8 N–H and O–H groups in total. The van der Waals surface area contributed by atoms with E-state index in [9.17, 15) is 19.8 Å². The highest BCUT2D eigenvalue weighted by atomic mass is 17.7. The summed E-state index contributed by atoms with van der Waals surface area (Å²) in [7, 11) is 0. The van der Waals surface area contributed by atoms with Crippen LogP contribution in [0.4, 0.5) is 32.3 Å². The van der Waals surface area contributed by atoms with Crippen molar-refractivity contribution in [3.63, 3.8) is 0 Å². The number of hydrogen-bond acceptors (Lipinski definition) is 20. The molecular weight excluding hydrogens is 840 g/mol. The molecule has 0 saturated heterocycles. The summed E-state index contributed by atoms with van der Waals surface area (Å²) in [5, 5.41) is 72.3. The summed E-state index contributed by atoms with van der Waals surface area (Å²) < 4.78 is 21.8. The summed E-state index contributed by atoms with van der Waals surface area (Å²) in [6.45, 7) is 3.87. The molecule has 7 rings (SSSR count). The van der Waals surface area contributed by atoms with Gasteiger partial charge in [0.05, 0.1) is 23.6 Å². The lowest BCUT2D eigenvalue weighted by molar-refractivity contribution is -0.606. The van der Waals surface area contributed by atoms with Crippen LogP contribution in [0, 0.1) is 24.1 Å². The molecule has 0 amide bonds. The van der Waals surface area contributed by atoms with Crippen molar-refractivity contribution in [2.45, 2.75) is 87.7 Å². The minimum absolute atomic E-state index is 0.360. The van der Waals surface area contributed by atoms with Crippen molar-refractivity contribution in [2.24, 2.45) is 0 Å². The van der Waals surface area contributed by atoms with Gasteiger partial charge >= 0.3 is 12.3 Å². The van der Waals surface area contributed by atoms with Crippen LogP contribution in [0.1, 0.15) is 75.3 Å². The molecule has 2 heterocycles. The Morgan fingerprint density at radius 3 is 1.45 bits per heavy atom. The molecule has 4 aromatic rings. The van der Waals surface area contributed by atoms with E-state index in [2.05, 4.69) is 89.1 Å². The van der Waals surface area contributed by atoms with Crippen LogP contribution in [-0.4, -0.2) is 83.0 Å². The van der Waals surface area contributed by atoms with Crippen molar-refractivity contribution in [3.05, 3.63) is 71.8 Å². The van der Waals surface area contributed by atoms with Crippen LogP contribution < -0.4 is 21.3 Å². The molecule has 4 aromatic carbocycles. The van der Waals surface area contributed by atoms with E-state index in [4.69, 9.17) is 29.5 Å². The summed E-state index contributed by atoms with van der Waals surface area (Å²) in [4.78, 5) is 33.1. The maximum absolute atomic E-state index is 12.3. The molecule has 2 aliphatic heterocycles. The summed E-state index contributed by atoms with van der Waals surface area (Å²) in [6.07, 6.45) is 5.78. The van der Waals surface area contributed by atoms with Crippen molar-refractivity contribution in [1.82, 2.24) is 0 Å². The normalized spacial score (nSPS) is 22.3. The van der Waals surface area contributed by atoms with Gasteiger partial charge in [-0.15, -0.1) is 0 Å². The van der Waals surface area contributed by atoms with Crippen LogP contribution in [0.5, 0.6) is 0 Å². The predicted octanol–water partition coefficient (Wildman–Crippen LogP) is 6.98. The van der Waals surface area contributed by atoms with Crippen LogP contribution in [0.2, 0.25) is 0 Å². The molecule has 0 spiro atoms. The van der Waals surface area contributed by atoms with Crippen LogP contribution in [0.25, 0.3) is 21.5 Å². The van der Waals surface area contributed by atoms with E-state index in [-0.39, 0.29) is 0 Å². The van der Waals surface area contributed by atoms with E-state index in [1.807, 2.05) is 60.7 Å². The average Bonchev–Trinajstić information content (AvgIpc) is 3.30. The number of benzene rings is 4. The Hall–Kier alpha value is -6.46. The van der Waals surface area contributed by atoms with Gasteiger partial charge < -0.3 is 50.4 Å². The quantitative estimate of drug-likeness (QED) is 0.0165. The first-order chi connectivity index (χ1) is 31.2. The minimum Gasteiger partial charge on any atom is -0.447 e. The van der Waals surface area contributed by atoms with Crippen molar-refractivity contribution < 1.29 is 79.2 Å². The topological polar surface area (TPSA) is 255 Å². The van der Waals surface area contributed by atoms with E-state index < -0.39 is 60.9 Å². The number of carbonyl (C=O) groups excluding carboxylic acids is 2. The Balaban J connectivity index is 1.23. The second-order valence-corrected chi connectivity index (χ2v) is 15.3. The Bertz CT molecular complexity index is 2260. The molecule has 0 bridgehead atoms. The van der Waals surface area contributed by atoms with Gasteiger partial charge in [-0.25, -0.2) is 29.9 Å². The molecule has 1 aliphatic carbocycles. The fourth-order valence-corrected chi connectivity index (χ4v) is 8.22. The molecule has 20 nitrogen and oxygen atoms in total. The van der Waals surface area contributed by atoms with Gasteiger partial charge in [-0.3, -0.25) is 0 Å². The standard InChI is InChI=1S/C44H48N4O16/c1-3-5-7-21-55-23-19-43(25-57-41(51)59-63-61-53)45-31-13-9-11-27-15-17-29(37(47-43)33(27)31)35-39(49)36(40(35)50)30-18-16-28-12-10-14-32-34(28)38(30)48-44(46-32,20-24-56-22-8-6-4-2)26-58-42(52)60-64-62-54/h9-18,35-36,39-40,45-50,53-54H,3-8,21-22,25-26H2,1-2H3. The number of aliphatic hydroxyl groups excluding tert-OH is 2. The molecule has 64 heavy (non-hydrogen) atoms. The number of hydrogen-bond donors (Lipinski definition) is 8. The zero-order valence-electron chi connectivity index (χ0n) is 34.8. The second kappa shape index (κ2) is 20.8. The van der Waals surface area contributed by atoms with E-state index in [0.717, 1.165) is 60.1 Å². The molecule has 2 atom stereocenters. The minimum atomic E-state index is -1.55. The van der Waals surface area contributed by atoms with Gasteiger partial charge in [-0.1, -0.05) is 88.1 Å². The highest BCUT2D eigenvalue weighted by molar-refractivity contribution is 6.08. The van der Waals surface area contributed by atoms with E-state index in [0.29, 0.717) is 47.1 Å². The van der Waals surface area contributed by atoms with Gasteiger partial charge in [0.15, 0.2) is 0 Å². The number of rotatable bonds is 18. The van der Waals surface area contributed by atoms with Crippen molar-refractivity contribution >= 4 is 56.6 Å². The number of anilines is 4. The van der Waals surface area contributed by atoms with Gasteiger partial charge in [-0.05, 0) is 68.8 Å². The first-order valence-corrected chi connectivity index (χ1v) is 20.7. The van der Waals surface area contributed by atoms with Crippen LogP contribution in [0.3, 0.4) is 0 Å². The average molecular weight is 889 g/mol. The molecule has 1 saturated carbocycles. The van der Waals surface area contributed by atoms with Gasteiger partial charge in [0.1, 0.15) is 38.6 Å². The van der Waals surface area contributed by atoms with Crippen molar-refractivity contribution in [1.29, 1.82) is 0 Å². The monoisotopic (exact) mass is 888 g/mol. The zero-order valence-corrected chi connectivity index (χ0v) is 34.8. The lowest BCUT2D eigenvalue weighted by Crippen LogP contribution is -2.55. The number of ether oxygens (including phenoxy) is 4. The maximum Gasteiger partial charge on any atom is 0.542 e. The largest absolute Gasteiger partial charge is 0.542 e. The molecule has 2 unspecified atom stereocenters. The molecule has 20 heteroatoms. The zero-order chi connectivity index (χ0) is 45.1. The summed E-state index contributed by atoms with van der Waals surface area (Å²) in [5.74, 6) is 4.29. The molecule has 1 fully saturated rings. The van der Waals surface area contributed by atoms with Gasteiger partial charge in [0.25, 0.3) is 0 Å². The van der Waals surface area contributed by atoms with Crippen molar-refractivity contribution in [2.75, 3.05) is 47.7 Å². The van der Waals surface area contributed by atoms with Crippen molar-refractivity contribution in [3.8, 4) is 24.1 Å². The summed E-state index contributed by atoms with van der Waals surface area (Å²) in [6, 6.07) is 18.5. The maximum atomic E-state index is 12.3. The van der Waals surface area contributed by atoms with Gasteiger partial charge in [0, 0.05) is 44.1 Å². The number of aliphatic hydroxyl groups is 2. The number of unbranched alkanes of at least 4 members (excludes halogenated alkanes) is 4. The van der Waals surface area contributed by atoms with Gasteiger partial charge in [-0.2, -0.15) is 0 Å². The molecule has 0 aromatic heterocycles. The summed E-state index contributed by atoms with van der Waals surface area (Å²) in [5.41, 5.74) is 0.166. The van der Waals surface area contributed by atoms with E-state index in [1.54, 1.807) is 0 Å². The molecule has 3 aliphatic rings. The Labute approximate surface area is 366 Å². The Kier molecular flexibility index (Phi) is 14.8. The fourth-order valence-electron chi connectivity index (χ4n) is 8.22. The second-order valence-electron chi connectivity index (χ2n) is 15.3. The Morgan fingerprint density at radius 2 is 1.05 bits per heavy atom. The highest BCUT2D eigenvalue weighted by Crippen LogP contribution is 2.55. The van der Waals surface area contributed by atoms with E-state index >= 15 is 0 Å². The van der Waals surface area contributed by atoms with E-state index in [1.165, 1.54) is 0 Å². The van der Waals surface area contributed by atoms with Crippen LogP contribution >= 0.6 is 0 Å². The Morgan fingerprint density at radius 1 is 0.609 bits per heavy atom. The number of nitrogens with one attached hydrogen (secondary N) is 4. The SMILES string of the molecule is CCCCCOC#CC1(COC(=O)OOOO)Nc2cccc3ccc(C4C(O)C(c5ccc6cccc7c6c5NC(C#COCCCCC)(COC(=O)OOOO)N7)C4O)c(c23)N1. The fraction of sp³-hybridized carbons (Fsp3) is 0.409. The third-order valence-electron chi connectivity index (χ3n) is 11.2. The third-order valence-corrected chi connectivity index (χ3v) is 11.2. The lowest BCUT2D eigenvalue weighted by atomic mass is 9.62. The van der Waals surface area contributed by atoms with Crippen LogP contribution in [0.15, 0.2) is 60.7 Å². The third kappa shape index (κ3) is 9.85. The smallest absolute Gasteiger partial charge is 0.447 e. The van der Waals surface area contributed by atoms with Gasteiger partial charge in [0.2, 0.25) is 11.3 Å². The van der Waals surface area contributed by atoms with Crippen LogP contribution in [-0.2, 0) is 48.9 Å². The predicted molar refractivity (Wildman–Crippen MR) is 226 cm³/mol. The molecule has 340 valence electrons.